The molecule has 0 atom stereocenters. The second-order valence-corrected chi connectivity index (χ2v) is 8.37. The van der Waals surface area contributed by atoms with Gasteiger partial charge in [-0.25, -0.2) is 0 Å². The molecule has 0 spiro atoms. The highest BCUT2D eigenvalue weighted by atomic mass is 127. The van der Waals surface area contributed by atoms with Crippen LogP contribution in [0.2, 0.25) is 0 Å². The number of amides is 2. The minimum Gasteiger partial charge on any atom is -0.366 e. The van der Waals surface area contributed by atoms with Crippen LogP contribution in [-0.2, 0) is 0 Å². The summed E-state index contributed by atoms with van der Waals surface area (Å²) in [5, 5.41) is 3.05. The van der Waals surface area contributed by atoms with Gasteiger partial charge < -0.3 is 15.1 Å². The quantitative estimate of drug-likeness (QED) is 0.525. The Morgan fingerprint density at radius 1 is 0.767 bits per heavy atom. The number of nitrogens with zero attached hydrogens (tertiary/aromatic N) is 2. The molecule has 0 aromatic heterocycles. The molecule has 0 aliphatic carbocycles. The van der Waals surface area contributed by atoms with Crippen molar-refractivity contribution >= 4 is 45.8 Å². The number of rotatable bonds is 4. The van der Waals surface area contributed by atoms with Crippen LogP contribution in [0.3, 0.4) is 0 Å². The van der Waals surface area contributed by atoms with Crippen LogP contribution in [0.1, 0.15) is 20.7 Å². The lowest BCUT2D eigenvalue weighted by Gasteiger charge is -2.37. The van der Waals surface area contributed by atoms with Gasteiger partial charge in [0.1, 0.15) is 0 Å². The Morgan fingerprint density at radius 3 is 2.17 bits per heavy atom. The van der Waals surface area contributed by atoms with Gasteiger partial charge in [0.2, 0.25) is 0 Å². The maximum atomic E-state index is 12.7. The SMILES string of the molecule is O=C(Nc1ccccc1N1CCN(C(=O)c2ccccc2)CC1)c1cccc(I)c1. The van der Waals surface area contributed by atoms with Crippen LogP contribution in [0.4, 0.5) is 11.4 Å². The minimum atomic E-state index is -0.126. The number of hydrogen-bond donors (Lipinski definition) is 1. The average molecular weight is 511 g/mol. The third-order valence-electron chi connectivity index (χ3n) is 5.17. The largest absolute Gasteiger partial charge is 0.366 e. The van der Waals surface area contributed by atoms with Crippen molar-refractivity contribution in [2.45, 2.75) is 0 Å². The molecule has 1 aliphatic heterocycles. The number of para-hydroxylation sites is 2. The van der Waals surface area contributed by atoms with Gasteiger partial charge in [-0.1, -0.05) is 36.4 Å². The predicted octanol–water partition coefficient (Wildman–Crippen LogP) is 4.51. The van der Waals surface area contributed by atoms with Gasteiger partial charge in [0.05, 0.1) is 11.4 Å². The number of hydrogen-bond acceptors (Lipinski definition) is 3. The van der Waals surface area contributed by atoms with Crippen molar-refractivity contribution in [3.63, 3.8) is 0 Å². The van der Waals surface area contributed by atoms with Gasteiger partial charge in [0, 0.05) is 40.9 Å². The van der Waals surface area contributed by atoms with E-state index in [2.05, 4.69) is 32.8 Å². The first kappa shape index (κ1) is 20.4. The van der Waals surface area contributed by atoms with Gasteiger partial charge in [0.25, 0.3) is 11.8 Å². The Morgan fingerprint density at radius 2 is 1.43 bits per heavy atom. The summed E-state index contributed by atoms with van der Waals surface area (Å²) in [6.45, 7) is 2.73. The lowest BCUT2D eigenvalue weighted by atomic mass is 10.1. The van der Waals surface area contributed by atoms with E-state index in [0.29, 0.717) is 31.7 Å². The average Bonchev–Trinajstić information content (AvgIpc) is 2.80. The molecule has 0 radical (unpaired) electrons. The monoisotopic (exact) mass is 511 g/mol. The molecule has 152 valence electrons. The van der Waals surface area contributed by atoms with Crippen LogP contribution in [0, 0.1) is 3.57 Å². The molecule has 1 aliphatic rings. The summed E-state index contributed by atoms with van der Waals surface area (Å²) in [5.41, 5.74) is 3.11. The molecule has 4 rings (SSSR count). The van der Waals surface area contributed by atoms with Gasteiger partial charge in [-0.15, -0.1) is 0 Å². The first-order valence-corrected chi connectivity index (χ1v) is 10.9. The molecule has 0 saturated carbocycles. The van der Waals surface area contributed by atoms with E-state index in [0.717, 1.165) is 20.5 Å². The summed E-state index contributed by atoms with van der Waals surface area (Å²) in [5.74, 6) is -0.0608. The number of carbonyl (C=O) groups excluding carboxylic acids is 2. The molecule has 0 bridgehead atoms. The number of carbonyl (C=O) groups is 2. The topological polar surface area (TPSA) is 52.7 Å². The van der Waals surface area contributed by atoms with Gasteiger partial charge in [-0.2, -0.15) is 0 Å². The molecule has 30 heavy (non-hydrogen) atoms. The standard InChI is InChI=1S/C24H22IN3O2/c25-20-10-6-9-19(17-20)23(29)26-21-11-4-5-12-22(21)27-13-15-28(16-14-27)24(30)18-7-2-1-3-8-18/h1-12,17H,13-16H2,(H,26,29). The van der Waals surface area contributed by atoms with Crippen LogP contribution in [0.25, 0.3) is 0 Å². The van der Waals surface area contributed by atoms with Crippen LogP contribution in [-0.4, -0.2) is 42.9 Å². The second-order valence-electron chi connectivity index (χ2n) is 7.13. The van der Waals surface area contributed by atoms with Crippen molar-refractivity contribution in [1.29, 1.82) is 0 Å². The van der Waals surface area contributed by atoms with E-state index in [1.165, 1.54) is 0 Å². The Hall–Kier alpha value is -2.87. The van der Waals surface area contributed by atoms with E-state index in [1.807, 2.05) is 83.8 Å². The van der Waals surface area contributed by atoms with E-state index in [-0.39, 0.29) is 11.8 Å². The molecule has 6 heteroatoms. The number of piperazine rings is 1. The fraction of sp³-hybridized carbons (Fsp3) is 0.167. The molecular formula is C24H22IN3O2. The van der Waals surface area contributed by atoms with Gasteiger partial charge >= 0.3 is 0 Å². The van der Waals surface area contributed by atoms with E-state index in [1.54, 1.807) is 0 Å². The molecule has 5 nitrogen and oxygen atoms in total. The summed E-state index contributed by atoms with van der Waals surface area (Å²) in [6, 6.07) is 24.7. The molecule has 1 heterocycles. The Bertz CT molecular complexity index is 1050. The smallest absolute Gasteiger partial charge is 0.255 e. The first-order chi connectivity index (χ1) is 14.6. The van der Waals surface area contributed by atoms with Crippen LogP contribution < -0.4 is 10.2 Å². The van der Waals surface area contributed by atoms with Crippen molar-refractivity contribution in [1.82, 2.24) is 4.90 Å². The van der Waals surface area contributed by atoms with Gasteiger partial charge in [0.15, 0.2) is 0 Å². The molecule has 3 aromatic carbocycles. The number of benzene rings is 3. The van der Waals surface area contributed by atoms with Crippen LogP contribution >= 0.6 is 22.6 Å². The summed E-state index contributed by atoms with van der Waals surface area (Å²) in [6.07, 6.45) is 0. The highest BCUT2D eigenvalue weighted by Gasteiger charge is 2.23. The van der Waals surface area contributed by atoms with Gasteiger partial charge in [-0.05, 0) is 65.1 Å². The van der Waals surface area contributed by atoms with Crippen LogP contribution in [0.5, 0.6) is 0 Å². The van der Waals surface area contributed by atoms with Crippen molar-refractivity contribution in [2.24, 2.45) is 0 Å². The van der Waals surface area contributed by atoms with E-state index < -0.39 is 0 Å². The Balaban J connectivity index is 1.44. The minimum absolute atomic E-state index is 0.0653. The maximum absolute atomic E-state index is 12.7. The Labute approximate surface area is 189 Å². The van der Waals surface area contributed by atoms with Gasteiger partial charge in [-0.3, -0.25) is 9.59 Å². The highest BCUT2D eigenvalue weighted by Crippen LogP contribution is 2.27. The summed E-state index contributed by atoms with van der Waals surface area (Å²) in [7, 11) is 0. The van der Waals surface area contributed by atoms with Crippen LogP contribution in [0.15, 0.2) is 78.9 Å². The third-order valence-corrected chi connectivity index (χ3v) is 5.84. The zero-order valence-corrected chi connectivity index (χ0v) is 18.6. The normalized spacial score (nSPS) is 13.8. The summed E-state index contributed by atoms with van der Waals surface area (Å²) in [4.78, 5) is 29.5. The molecule has 0 unspecified atom stereocenters. The lowest BCUT2D eigenvalue weighted by molar-refractivity contribution is 0.0746. The lowest BCUT2D eigenvalue weighted by Crippen LogP contribution is -2.49. The molecule has 1 N–H and O–H groups in total. The predicted molar refractivity (Wildman–Crippen MR) is 128 cm³/mol. The van der Waals surface area contributed by atoms with Crippen molar-refractivity contribution in [2.75, 3.05) is 36.4 Å². The molecule has 1 saturated heterocycles. The van der Waals surface area contributed by atoms with E-state index in [9.17, 15) is 9.59 Å². The van der Waals surface area contributed by atoms with E-state index in [4.69, 9.17) is 0 Å². The second kappa shape index (κ2) is 9.30. The fourth-order valence-corrected chi connectivity index (χ4v) is 4.14. The number of nitrogens with one attached hydrogen (secondary N) is 1. The summed E-state index contributed by atoms with van der Waals surface area (Å²) < 4.78 is 1.02. The molecule has 1 fully saturated rings. The van der Waals surface area contributed by atoms with Crippen molar-refractivity contribution in [3.05, 3.63) is 93.6 Å². The van der Waals surface area contributed by atoms with Crippen molar-refractivity contribution < 1.29 is 9.59 Å². The highest BCUT2D eigenvalue weighted by molar-refractivity contribution is 14.1. The molecular weight excluding hydrogens is 489 g/mol. The Kier molecular flexibility index (Phi) is 6.32. The number of halogens is 1. The fourth-order valence-electron chi connectivity index (χ4n) is 3.59. The van der Waals surface area contributed by atoms with Crippen molar-refractivity contribution in [3.8, 4) is 0 Å². The van der Waals surface area contributed by atoms with E-state index >= 15 is 0 Å². The zero-order valence-electron chi connectivity index (χ0n) is 16.4. The first-order valence-electron chi connectivity index (χ1n) is 9.87. The maximum Gasteiger partial charge on any atom is 0.255 e. The third kappa shape index (κ3) is 4.64. The summed E-state index contributed by atoms with van der Waals surface area (Å²) >= 11 is 2.20. The molecule has 2 amide bonds. The zero-order chi connectivity index (χ0) is 20.9. The molecule has 3 aromatic rings. The number of anilines is 2.